The number of rotatable bonds is 4. The third kappa shape index (κ3) is 3.81. The predicted octanol–water partition coefficient (Wildman–Crippen LogP) is 0.308. The van der Waals surface area contributed by atoms with Crippen LogP contribution in [0.25, 0.3) is 0 Å². The van der Waals surface area contributed by atoms with Gasteiger partial charge in [0.2, 0.25) is 5.91 Å². The number of aliphatic carboxylic acids is 1. The lowest BCUT2D eigenvalue weighted by Gasteiger charge is -2.26. The van der Waals surface area contributed by atoms with Crippen LogP contribution in [0.1, 0.15) is 26.7 Å². The van der Waals surface area contributed by atoms with E-state index in [4.69, 9.17) is 5.11 Å². The Morgan fingerprint density at radius 1 is 1.50 bits per heavy atom. The summed E-state index contributed by atoms with van der Waals surface area (Å²) in [6.45, 7) is 5.15. The molecule has 1 atom stereocenters. The highest BCUT2D eigenvalue weighted by molar-refractivity contribution is 5.80. The molecule has 1 saturated heterocycles. The van der Waals surface area contributed by atoms with E-state index in [1.807, 2.05) is 7.05 Å². The molecule has 1 aliphatic rings. The van der Waals surface area contributed by atoms with E-state index in [0.717, 1.165) is 19.5 Å². The van der Waals surface area contributed by atoms with E-state index in [1.54, 1.807) is 13.8 Å². The van der Waals surface area contributed by atoms with Gasteiger partial charge in [-0.25, -0.2) is 0 Å². The summed E-state index contributed by atoms with van der Waals surface area (Å²) in [6, 6.07) is 0. The monoisotopic (exact) mass is 228 g/mol. The maximum atomic E-state index is 11.9. The van der Waals surface area contributed by atoms with Crippen LogP contribution in [-0.4, -0.2) is 47.6 Å². The van der Waals surface area contributed by atoms with Crippen LogP contribution in [0.5, 0.6) is 0 Å². The van der Waals surface area contributed by atoms with Crippen molar-refractivity contribution in [2.24, 2.45) is 5.92 Å². The number of carboxylic acid groups (broad SMARTS) is 1. The van der Waals surface area contributed by atoms with Gasteiger partial charge in [0.25, 0.3) is 0 Å². The van der Waals surface area contributed by atoms with Crippen molar-refractivity contribution < 1.29 is 14.7 Å². The highest BCUT2D eigenvalue weighted by Gasteiger charge is 2.31. The fraction of sp³-hybridized carbons (Fsp3) is 0.818. The van der Waals surface area contributed by atoms with Gasteiger partial charge in [0, 0.05) is 12.1 Å². The van der Waals surface area contributed by atoms with Gasteiger partial charge < -0.3 is 15.3 Å². The maximum absolute atomic E-state index is 11.9. The number of hydrogen-bond acceptors (Lipinski definition) is 3. The lowest BCUT2D eigenvalue weighted by molar-refractivity contribution is -0.138. The Hall–Kier alpha value is -1.10. The zero-order valence-corrected chi connectivity index (χ0v) is 10.1. The van der Waals surface area contributed by atoms with E-state index in [-0.39, 0.29) is 18.2 Å². The van der Waals surface area contributed by atoms with Crippen molar-refractivity contribution in [3.63, 3.8) is 0 Å². The van der Waals surface area contributed by atoms with Crippen LogP contribution in [0.15, 0.2) is 0 Å². The summed E-state index contributed by atoms with van der Waals surface area (Å²) in [6.07, 6.45) is 0.798. The molecule has 0 radical (unpaired) electrons. The van der Waals surface area contributed by atoms with E-state index in [0.29, 0.717) is 0 Å². The van der Waals surface area contributed by atoms with Crippen molar-refractivity contribution in [2.45, 2.75) is 32.2 Å². The van der Waals surface area contributed by atoms with E-state index in [1.165, 1.54) is 0 Å². The Bertz CT molecular complexity index is 289. The standard InChI is InChI=1S/C11H20N2O3/c1-11(2,6-9(14)15)12-10(16)8-4-5-13(3)7-8/h8H,4-7H2,1-3H3,(H,12,16)(H,14,15). The van der Waals surface area contributed by atoms with Crippen LogP contribution in [0, 0.1) is 5.92 Å². The molecule has 0 saturated carbocycles. The molecule has 1 rings (SSSR count). The number of carbonyl (C=O) groups excluding carboxylic acids is 1. The quantitative estimate of drug-likeness (QED) is 0.726. The van der Waals surface area contributed by atoms with E-state index in [2.05, 4.69) is 10.2 Å². The van der Waals surface area contributed by atoms with Crippen LogP contribution >= 0.6 is 0 Å². The lowest BCUT2D eigenvalue weighted by Crippen LogP contribution is -2.47. The average Bonchev–Trinajstić information content (AvgIpc) is 2.47. The van der Waals surface area contributed by atoms with Gasteiger partial charge in [-0.1, -0.05) is 0 Å². The molecule has 0 aromatic rings. The van der Waals surface area contributed by atoms with Crippen LogP contribution in [0.2, 0.25) is 0 Å². The van der Waals surface area contributed by atoms with Crippen LogP contribution in [0.3, 0.4) is 0 Å². The molecule has 5 heteroatoms. The summed E-state index contributed by atoms with van der Waals surface area (Å²) in [5, 5.41) is 11.5. The molecule has 1 unspecified atom stereocenters. The van der Waals surface area contributed by atoms with Crippen molar-refractivity contribution in [3.8, 4) is 0 Å². The smallest absolute Gasteiger partial charge is 0.305 e. The van der Waals surface area contributed by atoms with E-state index < -0.39 is 11.5 Å². The first-order chi connectivity index (χ1) is 7.30. The summed E-state index contributed by atoms with van der Waals surface area (Å²) in [5.74, 6) is -0.928. The van der Waals surface area contributed by atoms with Crippen molar-refractivity contribution in [2.75, 3.05) is 20.1 Å². The first kappa shape index (κ1) is 13.0. The number of likely N-dealkylation sites (tertiary alicyclic amines) is 1. The number of nitrogens with one attached hydrogen (secondary N) is 1. The fourth-order valence-electron chi connectivity index (χ4n) is 2.01. The molecule has 2 N–H and O–H groups in total. The van der Waals surface area contributed by atoms with Gasteiger partial charge in [-0.2, -0.15) is 0 Å². The van der Waals surface area contributed by atoms with Gasteiger partial charge in [-0.05, 0) is 33.9 Å². The van der Waals surface area contributed by atoms with E-state index >= 15 is 0 Å². The number of hydrogen-bond donors (Lipinski definition) is 2. The van der Waals surface area contributed by atoms with Crippen molar-refractivity contribution in [1.29, 1.82) is 0 Å². The highest BCUT2D eigenvalue weighted by Crippen LogP contribution is 2.17. The number of carboxylic acids is 1. The Balaban J connectivity index is 2.47. The average molecular weight is 228 g/mol. The summed E-state index contributed by atoms with van der Waals surface area (Å²) >= 11 is 0. The van der Waals surface area contributed by atoms with Crippen LogP contribution in [-0.2, 0) is 9.59 Å². The lowest BCUT2D eigenvalue weighted by atomic mass is 9.98. The molecular weight excluding hydrogens is 208 g/mol. The summed E-state index contributed by atoms with van der Waals surface area (Å²) in [7, 11) is 1.98. The summed E-state index contributed by atoms with van der Waals surface area (Å²) in [4.78, 5) is 24.6. The zero-order chi connectivity index (χ0) is 12.3. The van der Waals surface area contributed by atoms with Gasteiger partial charge in [-0.3, -0.25) is 9.59 Å². The number of carbonyl (C=O) groups is 2. The first-order valence-corrected chi connectivity index (χ1v) is 5.52. The highest BCUT2D eigenvalue weighted by atomic mass is 16.4. The number of nitrogens with zero attached hydrogens (tertiary/aromatic N) is 1. The number of amides is 1. The molecule has 1 fully saturated rings. The molecule has 0 bridgehead atoms. The second kappa shape index (κ2) is 4.82. The van der Waals surface area contributed by atoms with E-state index in [9.17, 15) is 9.59 Å². The minimum absolute atomic E-state index is 0.00179. The van der Waals surface area contributed by atoms with Gasteiger partial charge in [0.1, 0.15) is 0 Å². The first-order valence-electron chi connectivity index (χ1n) is 5.52. The SMILES string of the molecule is CN1CCC(C(=O)NC(C)(C)CC(=O)O)C1. The molecule has 0 aromatic heterocycles. The normalized spacial score (nSPS) is 22.1. The Kier molecular flexibility index (Phi) is 3.91. The predicted molar refractivity (Wildman–Crippen MR) is 60.1 cm³/mol. The zero-order valence-electron chi connectivity index (χ0n) is 10.1. The van der Waals surface area contributed by atoms with Crippen LogP contribution in [0.4, 0.5) is 0 Å². The molecule has 1 amide bonds. The molecule has 5 nitrogen and oxygen atoms in total. The fourth-order valence-corrected chi connectivity index (χ4v) is 2.01. The molecule has 16 heavy (non-hydrogen) atoms. The molecule has 1 aliphatic heterocycles. The topological polar surface area (TPSA) is 69.6 Å². The molecular formula is C11H20N2O3. The molecule has 0 spiro atoms. The van der Waals surface area contributed by atoms with Gasteiger partial charge in [0.15, 0.2) is 0 Å². The summed E-state index contributed by atoms with van der Waals surface area (Å²) in [5.41, 5.74) is -0.677. The summed E-state index contributed by atoms with van der Waals surface area (Å²) < 4.78 is 0. The molecule has 0 aromatic carbocycles. The Labute approximate surface area is 95.8 Å². The van der Waals surface area contributed by atoms with Crippen molar-refractivity contribution in [1.82, 2.24) is 10.2 Å². The van der Waals surface area contributed by atoms with Crippen molar-refractivity contribution >= 4 is 11.9 Å². The second-order valence-electron chi connectivity index (χ2n) is 5.19. The largest absolute Gasteiger partial charge is 0.481 e. The van der Waals surface area contributed by atoms with Gasteiger partial charge in [-0.15, -0.1) is 0 Å². The molecule has 0 aliphatic carbocycles. The minimum Gasteiger partial charge on any atom is -0.481 e. The van der Waals surface area contributed by atoms with Crippen molar-refractivity contribution in [3.05, 3.63) is 0 Å². The molecule has 1 heterocycles. The second-order valence-corrected chi connectivity index (χ2v) is 5.19. The third-order valence-electron chi connectivity index (χ3n) is 2.82. The van der Waals surface area contributed by atoms with Crippen LogP contribution < -0.4 is 5.32 Å². The van der Waals surface area contributed by atoms with Gasteiger partial charge >= 0.3 is 5.97 Å². The third-order valence-corrected chi connectivity index (χ3v) is 2.82. The minimum atomic E-state index is -0.895. The Morgan fingerprint density at radius 3 is 2.56 bits per heavy atom. The van der Waals surface area contributed by atoms with Gasteiger partial charge in [0.05, 0.1) is 12.3 Å². The maximum Gasteiger partial charge on any atom is 0.305 e. The molecule has 92 valence electrons. The Morgan fingerprint density at radius 2 is 2.12 bits per heavy atom.